The first kappa shape index (κ1) is 31.8. The van der Waals surface area contributed by atoms with Crippen LogP contribution < -0.4 is 9.80 Å². The van der Waals surface area contributed by atoms with Crippen LogP contribution in [0.15, 0.2) is 49.6 Å². The van der Waals surface area contributed by atoms with Gasteiger partial charge in [0.25, 0.3) is 5.91 Å². The van der Waals surface area contributed by atoms with Crippen molar-refractivity contribution in [3.63, 3.8) is 0 Å². The highest BCUT2D eigenvalue weighted by molar-refractivity contribution is 6.05. The zero-order valence-electron chi connectivity index (χ0n) is 25.4. The van der Waals surface area contributed by atoms with E-state index in [0.29, 0.717) is 50.8 Å². The van der Waals surface area contributed by atoms with Crippen molar-refractivity contribution in [3.05, 3.63) is 49.6 Å². The number of anilines is 2. The number of unbranched alkanes of at least 4 members (excludes halogenated alkanes) is 2. The molecule has 42 heavy (non-hydrogen) atoms. The summed E-state index contributed by atoms with van der Waals surface area (Å²) in [6.45, 7) is 16.2. The largest absolute Gasteiger partial charge is 0.461 e. The van der Waals surface area contributed by atoms with E-state index in [4.69, 9.17) is 9.47 Å². The van der Waals surface area contributed by atoms with E-state index in [1.165, 1.54) is 6.08 Å². The molecule has 3 aliphatic heterocycles. The molecule has 3 aliphatic rings. The molecule has 3 saturated heterocycles. The SMILES string of the molecule is C=CCOC(=O)[C@H]1[C@H]2C(=O)N(CCCCCO)C(C(=O)N(CC=C)c3ccc(N(CC)CC)cc3)C23CC[C@]1(CC)O3. The minimum absolute atomic E-state index is 0.0485. The molecule has 9 nitrogen and oxygen atoms in total. The van der Waals surface area contributed by atoms with Gasteiger partial charge in [0.05, 0.1) is 11.5 Å². The summed E-state index contributed by atoms with van der Waals surface area (Å²) in [6, 6.07) is 6.99. The predicted molar refractivity (Wildman–Crippen MR) is 163 cm³/mol. The van der Waals surface area contributed by atoms with Gasteiger partial charge in [-0.3, -0.25) is 14.4 Å². The van der Waals surface area contributed by atoms with E-state index < -0.39 is 35.0 Å². The Morgan fingerprint density at radius 2 is 1.76 bits per heavy atom. The quantitative estimate of drug-likeness (QED) is 0.178. The van der Waals surface area contributed by atoms with Gasteiger partial charge in [-0.1, -0.05) is 25.7 Å². The summed E-state index contributed by atoms with van der Waals surface area (Å²) >= 11 is 0. The van der Waals surface area contributed by atoms with Gasteiger partial charge in [0, 0.05) is 44.2 Å². The zero-order chi connectivity index (χ0) is 30.5. The summed E-state index contributed by atoms with van der Waals surface area (Å²) in [4.78, 5) is 48.0. The number of fused-ring (bicyclic) bond motifs is 1. The highest BCUT2D eigenvalue weighted by Gasteiger charge is 2.79. The van der Waals surface area contributed by atoms with Crippen LogP contribution in [0.25, 0.3) is 0 Å². The Bertz CT molecular complexity index is 1150. The molecule has 1 spiro atoms. The van der Waals surface area contributed by atoms with Crippen LogP contribution >= 0.6 is 0 Å². The highest BCUT2D eigenvalue weighted by atomic mass is 16.6. The van der Waals surface area contributed by atoms with Crippen molar-refractivity contribution in [2.24, 2.45) is 11.8 Å². The number of aliphatic hydroxyl groups is 1. The van der Waals surface area contributed by atoms with Gasteiger partial charge in [-0.2, -0.15) is 0 Å². The van der Waals surface area contributed by atoms with E-state index in [9.17, 15) is 19.5 Å². The normalized spacial score (nSPS) is 27.6. The lowest BCUT2D eigenvalue weighted by molar-refractivity contribution is -0.159. The van der Waals surface area contributed by atoms with Crippen molar-refractivity contribution in [1.82, 2.24) is 4.90 Å². The lowest BCUT2D eigenvalue weighted by Gasteiger charge is -2.37. The zero-order valence-corrected chi connectivity index (χ0v) is 25.4. The molecule has 0 aromatic heterocycles. The Kier molecular flexibility index (Phi) is 10.1. The minimum atomic E-state index is -1.13. The molecule has 3 fully saturated rings. The van der Waals surface area contributed by atoms with Crippen molar-refractivity contribution in [3.8, 4) is 0 Å². The van der Waals surface area contributed by atoms with Crippen molar-refractivity contribution in [2.75, 3.05) is 49.2 Å². The predicted octanol–water partition coefficient (Wildman–Crippen LogP) is 4.10. The van der Waals surface area contributed by atoms with E-state index in [2.05, 4.69) is 31.9 Å². The van der Waals surface area contributed by atoms with Gasteiger partial charge in [-0.25, -0.2) is 0 Å². The number of carbonyl (C=O) groups is 3. The third-order valence-electron chi connectivity index (χ3n) is 9.44. The highest BCUT2D eigenvalue weighted by Crippen LogP contribution is 2.64. The summed E-state index contributed by atoms with van der Waals surface area (Å²) in [5, 5.41) is 9.30. The monoisotopic (exact) mass is 581 g/mol. The lowest BCUT2D eigenvalue weighted by atomic mass is 9.65. The summed E-state index contributed by atoms with van der Waals surface area (Å²) in [6.07, 6.45) is 6.77. The molecule has 4 rings (SSSR count). The molecule has 0 radical (unpaired) electrons. The number of hydrogen-bond acceptors (Lipinski definition) is 7. The second kappa shape index (κ2) is 13.4. The van der Waals surface area contributed by atoms with Crippen LogP contribution in [0.5, 0.6) is 0 Å². The van der Waals surface area contributed by atoms with Crippen LogP contribution in [0.1, 0.15) is 59.3 Å². The number of esters is 1. The molecule has 3 heterocycles. The van der Waals surface area contributed by atoms with Crippen LogP contribution in [0.2, 0.25) is 0 Å². The number of amides is 2. The molecule has 2 amide bonds. The molecular formula is C33H47N3O6. The number of ether oxygens (including phenoxy) is 2. The second-order valence-electron chi connectivity index (χ2n) is 11.5. The third-order valence-corrected chi connectivity index (χ3v) is 9.44. The number of carbonyl (C=O) groups excluding carboxylic acids is 3. The number of aliphatic hydroxyl groups excluding tert-OH is 1. The Hall–Kier alpha value is -3.17. The van der Waals surface area contributed by atoms with E-state index in [1.807, 2.05) is 31.2 Å². The fourth-order valence-electron chi connectivity index (χ4n) is 7.43. The van der Waals surface area contributed by atoms with Crippen LogP contribution in [0.4, 0.5) is 11.4 Å². The van der Waals surface area contributed by atoms with Gasteiger partial charge in [0.1, 0.15) is 24.2 Å². The number of nitrogens with zero attached hydrogens (tertiary/aromatic N) is 3. The number of likely N-dealkylation sites (tertiary alicyclic amines) is 1. The fourth-order valence-corrected chi connectivity index (χ4v) is 7.43. The van der Waals surface area contributed by atoms with Gasteiger partial charge >= 0.3 is 5.97 Å². The molecule has 1 N–H and O–H groups in total. The van der Waals surface area contributed by atoms with Gasteiger partial charge in [0.2, 0.25) is 5.91 Å². The standard InChI is InChI=1S/C33H47N3O6/c1-6-20-35(25-16-14-24(15-17-25)34(9-4)10-5)30(39)28-33-19-18-32(8-3,42-33)27(31(40)41-23-7-2)26(33)29(38)36(28)21-12-11-13-22-37/h6-7,14-17,26-28,37H,1-2,8-13,18-23H2,3-5H3/t26-,27+,28?,32-,33?/m0/s1. The first-order valence-electron chi connectivity index (χ1n) is 15.4. The Morgan fingerprint density at radius 3 is 2.36 bits per heavy atom. The summed E-state index contributed by atoms with van der Waals surface area (Å²) in [5.41, 5.74) is -0.199. The van der Waals surface area contributed by atoms with Gasteiger partial charge in [-0.15, -0.1) is 6.58 Å². The minimum Gasteiger partial charge on any atom is -0.461 e. The molecular weight excluding hydrogens is 534 g/mol. The maximum Gasteiger partial charge on any atom is 0.313 e. The number of rotatable bonds is 16. The fraction of sp³-hybridized carbons (Fsp3) is 0.606. The van der Waals surface area contributed by atoms with Crippen molar-refractivity contribution in [1.29, 1.82) is 0 Å². The van der Waals surface area contributed by atoms with E-state index in [0.717, 1.165) is 18.8 Å². The topological polar surface area (TPSA) is 99.6 Å². The summed E-state index contributed by atoms with van der Waals surface area (Å²) in [5.74, 6) is -2.53. The van der Waals surface area contributed by atoms with E-state index >= 15 is 0 Å². The molecule has 0 aliphatic carbocycles. The molecule has 2 unspecified atom stereocenters. The summed E-state index contributed by atoms with van der Waals surface area (Å²) in [7, 11) is 0. The molecule has 0 saturated carbocycles. The van der Waals surface area contributed by atoms with Crippen LogP contribution in [-0.2, 0) is 23.9 Å². The molecule has 1 aromatic carbocycles. The molecule has 2 bridgehead atoms. The average molecular weight is 582 g/mol. The van der Waals surface area contributed by atoms with Gasteiger partial charge in [0.15, 0.2) is 0 Å². The Morgan fingerprint density at radius 1 is 1.07 bits per heavy atom. The summed E-state index contributed by atoms with van der Waals surface area (Å²) < 4.78 is 12.3. The van der Waals surface area contributed by atoms with Crippen molar-refractivity contribution >= 4 is 29.2 Å². The van der Waals surface area contributed by atoms with Crippen molar-refractivity contribution < 1.29 is 29.0 Å². The molecule has 1 aromatic rings. The molecule has 9 heteroatoms. The van der Waals surface area contributed by atoms with E-state index in [1.54, 1.807) is 15.9 Å². The third kappa shape index (κ3) is 5.37. The van der Waals surface area contributed by atoms with Crippen LogP contribution in [-0.4, -0.2) is 84.4 Å². The number of benzene rings is 1. The first-order chi connectivity index (χ1) is 20.3. The maximum absolute atomic E-state index is 14.7. The van der Waals surface area contributed by atoms with Crippen LogP contribution in [0, 0.1) is 11.8 Å². The average Bonchev–Trinajstić information content (AvgIpc) is 3.61. The van der Waals surface area contributed by atoms with E-state index in [-0.39, 0.29) is 31.6 Å². The smallest absolute Gasteiger partial charge is 0.313 e. The Balaban J connectivity index is 1.75. The number of hydrogen-bond donors (Lipinski definition) is 1. The van der Waals surface area contributed by atoms with Crippen LogP contribution in [0.3, 0.4) is 0 Å². The molecule has 5 atom stereocenters. The van der Waals surface area contributed by atoms with Gasteiger partial charge in [-0.05, 0) is 76.6 Å². The van der Waals surface area contributed by atoms with Gasteiger partial charge < -0.3 is 29.3 Å². The maximum atomic E-state index is 14.7. The first-order valence-corrected chi connectivity index (χ1v) is 15.4. The second-order valence-corrected chi connectivity index (χ2v) is 11.5. The van der Waals surface area contributed by atoms with Crippen molar-refractivity contribution in [2.45, 2.75) is 76.5 Å². The lowest BCUT2D eigenvalue weighted by Crippen LogP contribution is -2.56. The Labute approximate surface area is 250 Å². The molecule has 230 valence electrons.